The standard InChI is InChI=1S/C20H23N3O/c1-3-5-14-24-17-12-10-16(11-13-17)15-21-20-22-18-8-6-7-9-19(18)23(20)4-2/h6-13,15H,3-5,14H2,1-2H3. The summed E-state index contributed by atoms with van der Waals surface area (Å²) in [4.78, 5) is 9.18. The van der Waals surface area contributed by atoms with E-state index in [0.29, 0.717) is 0 Å². The van der Waals surface area contributed by atoms with Crippen molar-refractivity contribution in [2.24, 2.45) is 4.99 Å². The fourth-order valence-corrected chi connectivity index (χ4v) is 2.59. The molecule has 4 nitrogen and oxygen atoms in total. The number of aliphatic imine (C=N–C) groups is 1. The van der Waals surface area contributed by atoms with Gasteiger partial charge in [-0.15, -0.1) is 0 Å². The van der Waals surface area contributed by atoms with Gasteiger partial charge in [-0.3, -0.25) is 0 Å². The van der Waals surface area contributed by atoms with Gasteiger partial charge in [-0.2, -0.15) is 0 Å². The predicted octanol–water partition coefficient (Wildman–Crippen LogP) is 4.99. The summed E-state index contributed by atoms with van der Waals surface area (Å²) in [6.45, 7) is 5.88. The second-order valence-corrected chi connectivity index (χ2v) is 5.67. The number of aryl methyl sites for hydroxylation is 1. The Hall–Kier alpha value is -2.62. The van der Waals surface area contributed by atoms with Crippen LogP contribution in [0.15, 0.2) is 53.5 Å². The first-order valence-corrected chi connectivity index (χ1v) is 8.54. The highest BCUT2D eigenvalue weighted by Gasteiger charge is 2.06. The summed E-state index contributed by atoms with van der Waals surface area (Å²) in [7, 11) is 0. The molecule has 0 aliphatic carbocycles. The Kier molecular flexibility index (Phi) is 5.26. The number of hydrogen-bond donors (Lipinski definition) is 0. The van der Waals surface area contributed by atoms with E-state index in [2.05, 4.69) is 34.5 Å². The first kappa shape index (κ1) is 16.2. The highest BCUT2D eigenvalue weighted by Crippen LogP contribution is 2.21. The fourth-order valence-electron chi connectivity index (χ4n) is 2.59. The average Bonchev–Trinajstić information content (AvgIpc) is 2.99. The maximum Gasteiger partial charge on any atom is 0.230 e. The number of benzene rings is 2. The zero-order valence-corrected chi connectivity index (χ0v) is 14.3. The molecule has 1 heterocycles. The highest BCUT2D eigenvalue weighted by molar-refractivity contribution is 5.83. The van der Waals surface area contributed by atoms with Crippen molar-refractivity contribution >= 4 is 23.2 Å². The highest BCUT2D eigenvalue weighted by atomic mass is 16.5. The Labute approximate surface area is 142 Å². The van der Waals surface area contributed by atoms with Crippen molar-refractivity contribution in [1.29, 1.82) is 0 Å². The van der Waals surface area contributed by atoms with Crippen molar-refractivity contribution in [1.82, 2.24) is 9.55 Å². The molecule has 0 unspecified atom stereocenters. The molecule has 3 rings (SSSR count). The summed E-state index contributed by atoms with van der Waals surface area (Å²) < 4.78 is 7.80. The maximum atomic E-state index is 5.68. The van der Waals surface area contributed by atoms with Crippen LogP contribution in [0, 0.1) is 0 Å². The van der Waals surface area contributed by atoms with E-state index in [1.165, 1.54) is 0 Å². The molecule has 0 spiro atoms. The largest absolute Gasteiger partial charge is 0.494 e. The zero-order chi connectivity index (χ0) is 16.8. The number of rotatable bonds is 7. The van der Waals surface area contributed by atoms with Crippen LogP contribution in [-0.2, 0) is 6.54 Å². The van der Waals surface area contributed by atoms with E-state index in [0.717, 1.165) is 54.3 Å². The molecular weight excluding hydrogens is 298 g/mol. The smallest absolute Gasteiger partial charge is 0.230 e. The number of ether oxygens (including phenoxy) is 1. The summed E-state index contributed by atoms with van der Waals surface area (Å²) in [6.07, 6.45) is 4.07. The van der Waals surface area contributed by atoms with Gasteiger partial charge in [-0.1, -0.05) is 25.5 Å². The van der Waals surface area contributed by atoms with Gasteiger partial charge in [0.1, 0.15) is 5.75 Å². The van der Waals surface area contributed by atoms with Crippen LogP contribution in [0.4, 0.5) is 5.95 Å². The van der Waals surface area contributed by atoms with Crippen LogP contribution in [0.2, 0.25) is 0 Å². The van der Waals surface area contributed by atoms with Crippen LogP contribution in [0.1, 0.15) is 32.3 Å². The Balaban J connectivity index is 1.76. The van der Waals surface area contributed by atoms with Crippen molar-refractivity contribution in [2.75, 3.05) is 6.61 Å². The minimum atomic E-state index is 0.738. The van der Waals surface area contributed by atoms with Crippen LogP contribution in [0.5, 0.6) is 5.75 Å². The molecule has 0 aliphatic rings. The minimum Gasteiger partial charge on any atom is -0.494 e. The van der Waals surface area contributed by atoms with Crippen molar-refractivity contribution in [2.45, 2.75) is 33.2 Å². The molecule has 0 aliphatic heterocycles. The third-order valence-electron chi connectivity index (χ3n) is 3.93. The van der Waals surface area contributed by atoms with Gasteiger partial charge < -0.3 is 9.30 Å². The number of para-hydroxylation sites is 2. The van der Waals surface area contributed by atoms with Gasteiger partial charge in [0.05, 0.1) is 17.6 Å². The third-order valence-corrected chi connectivity index (χ3v) is 3.93. The van der Waals surface area contributed by atoms with Crippen LogP contribution in [0.3, 0.4) is 0 Å². The molecule has 0 N–H and O–H groups in total. The molecule has 24 heavy (non-hydrogen) atoms. The zero-order valence-electron chi connectivity index (χ0n) is 14.3. The van der Waals surface area contributed by atoms with E-state index in [1.54, 1.807) is 0 Å². The molecule has 124 valence electrons. The van der Waals surface area contributed by atoms with Crippen LogP contribution in [-0.4, -0.2) is 22.4 Å². The molecule has 0 fully saturated rings. The molecule has 0 bridgehead atoms. The van der Waals surface area contributed by atoms with E-state index in [-0.39, 0.29) is 0 Å². The lowest BCUT2D eigenvalue weighted by Gasteiger charge is -2.05. The molecule has 3 aromatic rings. The van der Waals surface area contributed by atoms with Gasteiger partial charge in [-0.25, -0.2) is 9.98 Å². The van der Waals surface area contributed by atoms with Gasteiger partial charge in [0.2, 0.25) is 5.95 Å². The number of fused-ring (bicyclic) bond motifs is 1. The molecule has 2 aromatic carbocycles. The molecule has 0 saturated carbocycles. The number of imidazole rings is 1. The number of unbranched alkanes of at least 4 members (excludes halogenated alkanes) is 1. The van der Waals surface area contributed by atoms with Gasteiger partial charge in [0.25, 0.3) is 0 Å². The minimum absolute atomic E-state index is 0.738. The predicted molar refractivity (Wildman–Crippen MR) is 99.5 cm³/mol. The monoisotopic (exact) mass is 321 g/mol. The number of aromatic nitrogens is 2. The van der Waals surface area contributed by atoms with E-state index in [9.17, 15) is 0 Å². The molecule has 0 amide bonds. The second-order valence-electron chi connectivity index (χ2n) is 5.67. The Morgan fingerprint density at radius 3 is 2.62 bits per heavy atom. The number of nitrogens with zero attached hydrogens (tertiary/aromatic N) is 3. The Morgan fingerprint density at radius 2 is 1.88 bits per heavy atom. The summed E-state index contributed by atoms with van der Waals surface area (Å²) in [5.74, 6) is 1.64. The van der Waals surface area contributed by atoms with Crippen LogP contribution in [0.25, 0.3) is 11.0 Å². The SMILES string of the molecule is CCCCOc1ccc(C=Nc2nc3ccccc3n2CC)cc1. The summed E-state index contributed by atoms with van der Waals surface area (Å²) in [5, 5.41) is 0. The first-order chi connectivity index (χ1) is 11.8. The molecule has 0 atom stereocenters. The third kappa shape index (κ3) is 3.65. The lowest BCUT2D eigenvalue weighted by atomic mass is 10.2. The summed E-state index contributed by atoms with van der Waals surface area (Å²) >= 11 is 0. The van der Waals surface area contributed by atoms with Gasteiger partial charge in [0.15, 0.2) is 0 Å². The normalized spacial score (nSPS) is 11.4. The average molecular weight is 321 g/mol. The molecule has 1 aromatic heterocycles. The van der Waals surface area contributed by atoms with Crippen molar-refractivity contribution in [3.05, 3.63) is 54.1 Å². The Bertz CT molecular complexity index is 819. The molecular formula is C20H23N3O. The van der Waals surface area contributed by atoms with Crippen molar-refractivity contribution in [3.8, 4) is 5.75 Å². The topological polar surface area (TPSA) is 39.4 Å². The van der Waals surface area contributed by atoms with Crippen molar-refractivity contribution in [3.63, 3.8) is 0 Å². The molecule has 4 heteroatoms. The fraction of sp³-hybridized carbons (Fsp3) is 0.300. The lowest BCUT2D eigenvalue weighted by molar-refractivity contribution is 0.309. The summed E-state index contributed by atoms with van der Waals surface area (Å²) in [6, 6.07) is 16.1. The van der Waals surface area contributed by atoms with Gasteiger partial charge >= 0.3 is 0 Å². The van der Waals surface area contributed by atoms with E-state index < -0.39 is 0 Å². The van der Waals surface area contributed by atoms with Gasteiger partial charge in [0, 0.05) is 12.8 Å². The quantitative estimate of drug-likeness (QED) is 0.454. The first-order valence-electron chi connectivity index (χ1n) is 8.54. The van der Waals surface area contributed by atoms with E-state index >= 15 is 0 Å². The van der Waals surface area contributed by atoms with Crippen LogP contribution < -0.4 is 4.74 Å². The van der Waals surface area contributed by atoms with Gasteiger partial charge in [-0.05, 0) is 55.3 Å². The lowest BCUT2D eigenvalue weighted by Crippen LogP contribution is -1.96. The van der Waals surface area contributed by atoms with Crippen LogP contribution >= 0.6 is 0 Å². The molecule has 0 saturated heterocycles. The second kappa shape index (κ2) is 7.77. The van der Waals surface area contributed by atoms with E-state index in [1.807, 2.05) is 48.7 Å². The maximum absolute atomic E-state index is 5.68. The number of hydrogen-bond acceptors (Lipinski definition) is 3. The Morgan fingerprint density at radius 1 is 1.08 bits per heavy atom. The summed E-state index contributed by atoms with van der Waals surface area (Å²) in [5.41, 5.74) is 3.13. The van der Waals surface area contributed by atoms with E-state index in [4.69, 9.17) is 4.74 Å². The van der Waals surface area contributed by atoms with Crippen molar-refractivity contribution < 1.29 is 4.74 Å². The molecule has 0 radical (unpaired) electrons.